The summed E-state index contributed by atoms with van der Waals surface area (Å²) >= 11 is 0. The lowest BCUT2D eigenvalue weighted by Crippen LogP contribution is -2.40. The topological polar surface area (TPSA) is 134 Å². The highest BCUT2D eigenvalue weighted by molar-refractivity contribution is 5.98. The van der Waals surface area contributed by atoms with Crippen molar-refractivity contribution in [2.45, 2.75) is 57.5 Å². The first kappa shape index (κ1) is 25.4. The van der Waals surface area contributed by atoms with Gasteiger partial charge in [-0.05, 0) is 49.8 Å². The number of nitrogens with zero attached hydrogens (tertiary/aromatic N) is 2. The molecule has 2 bridgehead atoms. The van der Waals surface area contributed by atoms with E-state index in [1.165, 1.54) is 18.3 Å². The first-order chi connectivity index (χ1) is 16.5. The summed E-state index contributed by atoms with van der Waals surface area (Å²) in [7, 11) is 0. The van der Waals surface area contributed by atoms with E-state index in [2.05, 4.69) is 31.2 Å². The normalized spacial score (nSPS) is 18.4. The van der Waals surface area contributed by atoms with Gasteiger partial charge >= 0.3 is 0 Å². The molecule has 0 radical (unpaired) electrons. The van der Waals surface area contributed by atoms with Gasteiger partial charge < -0.3 is 27.0 Å². The van der Waals surface area contributed by atoms with Gasteiger partial charge in [0.1, 0.15) is 17.2 Å². The van der Waals surface area contributed by atoms with Crippen molar-refractivity contribution in [3.05, 3.63) is 47.4 Å². The Hall–Kier alpha value is -3.27. The fraction of sp³-hybridized carbons (Fsp3) is 0.500. The Morgan fingerprint density at radius 2 is 1.68 bits per heavy atom. The number of benzene rings is 1. The molecule has 9 nitrogen and oxygen atoms in total. The van der Waals surface area contributed by atoms with E-state index < -0.39 is 6.04 Å². The maximum atomic E-state index is 13.1. The summed E-state index contributed by atoms with van der Waals surface area (Å²) in [6.45, 7) is 2.20. The predicted octanol–water partition coefficient (Wildman–Crippen LogP) is 2.56. The van der Waals surface area contributed by atoms with Gasteiger partial charge in [0.15, 0.2) is 0 Å². The quantitative estimate of drug-likeness (QED) is 0.464. The molecule has 10 heteroatoms. The van der Waals surface area contributed by atoms with Crippen molar-refractivity contribution in [3.8, 4) is 0 Å². The van der Waals surface area contributed by atoms with Crippen LogP contribution in [0.25, 0.3) is 0 Å². The van der Waals surface area contributed by atoms with Crippen LogP contribution < -0.4 is 27.0 Å². The highest BCUT2D eigenvalue weighted by Crippen LogP contribution is 2.16. The SMILES string of the molecule is N[C@H]1CCCCCNc2nc(ncc2C(=O)NCc2ccc(F)cc2)NCCCCCNC1=O. The van der Waals surface area contributed by atoms with Crippen molar-refractivity contribution in [2.75, 3.05) is 30.3 Å². The van der Waals surface area contributed by atoms with E-state index in [-0.39, 0.29) is 24.2 Å². The molecule has 0 spiro atoms. The Kier molecular flexibility index (Phi) is 10.0. The Bertz CT molecular complexity index is 939. The molecule has 1 atom stereocenters. The fourth-order valence-electron chi connectivity index (χ4n) is 3.62. The van der Waals surface area contributed by atoms with E-state index in [1.807, 2.05) is 0 Å². The van der Waals surface area contributed by atoms with E-state index >= 15 is 0 Å². The summed E-state index contributed by atoms with van der Waals surface area (Å²) in [6.07, 6.45) is 7.47. The van der Waals surface area contributed by atoms with Crippen LogP contribution in [0.1, 0.15) is 60.9 Å². The van der Waals surface area contributed by atoms with Crippen molar-refractivity contribution < 1.29 is 14.0 Å². The van der Waals surface area contributed by atoms with Crippen LogP contribution in [-0.4, -0.2) is 47.5 Å². The third kappa shape index (κ3) is 8.26. The summed E-state index contributed by atoms with van der Waals surface area (Å²) in [5.74, 6) is 0.208. The molecule has 1 aromatic carbocycles. The number of aromatic nitrogens is 2. The number of hydrogen-bond acceptors (Lipinski definition) is 7. The van der Waals surface area contributed by atoms with E-state index in [0.717, 1.165) is 44.1 Å². The van der Waals surface area contributed by atoms with Gasteiger partial charge in [-0.2, -0.15) is 4.98 Å². The van der Waals surface area contributed by atoms with Crippen molar-refractivity contribution >= 4 is 23.6 Å². The first-order valence-electron chi connectivity index (χ1n) is 11.9. The van der Waals surface area contributed by atoms with Gasteiger partial charge in [0.2, 0.25) is 11.9 Å². The van der Waals surface area contributed by atoms with E-state index in [0.29, 0.717) is 43.4 Å². The van der Waals surface area contributed by atoms with Gasteiger partial charge in [-0.25, -0.2) is 9.37 Å². The Morgan fingerprint density at radius 1 is 1.00 bits per heavy atom. The minimum atomic E-state index is -0.477. The summed E-state index contributed by atoms with van der Waals surface area (Å²) in [5, 5.41) is 12.2. The number of hydrogen-bond donors (Lipinski definition) is 5. The zero-order valence-corrected chi connectivity index (χ0v) is 19.4. The largest absolute Gasteiger partial charge is 0.369 e. The molecule has 2 aromatic rings. The minimum Gasteiger partial charge on any atom is -0.369 e. The third-order valence-corrected chi connectivity index (χ3v) is 5.66. The molecular weight excluding hydrogens is 437 g/mol. The molecule has 184 valence electrons. The Balaban J connectivity index is 1.63. The lowest BCUT2D eigenvalue weighted by atomic mass is 10.1. The van der Waals surface area contributed by atoms with Gasteiger partial charge in [-0.15, -0.1) is 0 Å². The van der Waals surface area contributed by atoms with Crippen molar-refractivity contribution in [1.29, 1.82) is 0 Å². The molecular formula is C24H34FN7O2. The molecule has 0 fully saturated rings. The molecule has 2 heterocycles. The summed E-state index contributed by atoms with van der Waals surface area (Å²) in [6, 6.07) is 5.51. The maximum Gasteiger partial charge on any atom is 0.256 e. The minimum absolute atomic E-state index is 0.0861. The van der Waals surface area contributed by atoms with Crippen LogP contribution in [0.4, 0.5) is 16.2 Å². The number of rotatable bonds is 3. The molecule has 0 unspecified atom stereocenters. The van der Waals surface area contributed by atoms with E-state index in [4.69, 9.17) is 5.73 Å². The molecule has 34 heavy (non-hydrogen) atoms. The molecule has 6 N–H and O–H groups in total. The second-order valence-electron chi connectivity index (χ2n) is 8.43. The highest BCUT2D eigenvalue weighted by Gasteiger charge is 2.16. The molecule has 2 amide bonds. The predicted molar refractivity (Wildman–Crippen MR) is 130 cm³/mol. The van der Waals surface area contributed by atoms with Crippen molar-refractivity contribution in [1.82, 2.24) is 20.6 Å². The van der Waals surface area contributed by atoms with Crippen LogP contribution in [0.5, 0.6) is 0 Å². The van der Waals surface area contributed by atoms with Crippen LogP contribution >= 0.6 is 0 Å². The number of amides is 2. The Labute approximate surface area is 199 Å². The number of fused-ring (bicyclic) bond motifs is 2. The van der Waals surface area contributed by atoms with Crippen molar-refractivity contribution in [2.24, 2.45) is 5.73 Å². The van der Waals surface area contributed by atoms with Gasteiger partial charge in [0.25, 0.3) is 5.91 Å². The second kappa shape index (κ2) is 13.4. The zero-order valence-electron chi connectivity index (χ0n) is 19.4. The van der Waals surface area contributed by atoms with E-state index in [9.17, 15) is 14.0 Å². The van der Waals surface area contributed by atoms with Gasteiger partial charge in [-0.3, -0.25) is 9.59 Å². The molecule has 1 aromatic heterocycles. The lowest BCUT2D eigenvalue weighted by Gasteiger charge is -2.15. The molecule has 0 saturated heterocycles. The number of anilines is 2. The highest BCUT2D eigenvalue weighted by atomic mass is 19.1. The number of carbonyl (C=O) groups is 2. The van der Waals surface area contributed by atoms with Crippen LogP contribution in [-0.2, 0) is 11.3 Å². The number of halogens is 1. The third-order valence-electron chi connectivity index (χ3n) is 5.66. The molecule has 0 aliphatic carbocycles. The van der Waals surface area contributed by atoms with Crippen LogP contribution in [0, 0.1) is 5.82 Å². The van der Waals surface area contributed by atoms with Crippen LogP contribution in [0.3, 0.4) is 0 Å². The van der Waals surface area contributed by atoms with E-state index in [1.54, 1.807) is 12.1 Å². The van der Waals surface area contributed by atoms with Gasteiger partial charge in [0, 0.05) is 32.4 Å². The lowest BCUT2D eigenvalue weighted by molar-refractivity contribution is -0.122. The van der Waals surface area contributed by atoms with Crippen LogP contribution in [0.2, 0.25) is 0 Å². The number of nitrogens with one attached hydrogen (secondary N) is 4. The van der Waals surface area contributed by atoms with Gasteiger partial charge in [-0.1, -0.05) is 25.0 Å². The fourth-order valence-corrected chi connectivity index (χ4v) is 3.62. The first-order valence-corrected chi connectivity index (χ1v) is 11.9. The number of nitrogens with two attached hydrogens (primary N) is 1. The average molecular weight is 472 g/mol. The molecule has 1 aliphatic rings. The maximum absolute atomic E-state index is 13.1. The molecule has 1 aliphatic heterocycles. The summed E-state index contributed by atoms with van der Waals surface area (Å²) in [4.78, 5) is 33.7. The Morgan fingerprint density at radius 3 is 2.44 bits per heavy atom. The van der Waals surface area contributed by atoms with Crippen LogP contribution in [0.15, 0.2) is 30.5 Å². The van der Waals surface area contributed by atoms with Gasteiger partial charge in [0.05, 0.1) is 6.04 Å². The number of carbonyl (C=O) groups excluding carboxylic acids is 2. The van der Waals surface area contributed by atoms with Crippen molar-refractivity contribution in [3.63, 3.8) is 0 Å². The molecule has 3 rings (SSSR count). The molecule has 0 saturated carbocycles. The summed E-state index contributed by atoms with van der Waals surface area (Å²) < 4.78 is 13.1. The smallest absolute Gasteiger partial charge is 0.256 e. The average Bonchev–Trinajstić information content (AvgIpc) is 2.84. The second-order valence-corrected chi connectivity index (χ2v) is 8.43. The standard InChI is InChI=1S/C24H34FN7O2/c25-18-10-8-17(9-11-18)15-30-22(33)19-16-31-24-29-14-6-2-5-13-28-23(34)20(26)7-3-1-4-12-27-21(19)32-24/h8-11,16,20H,1-7,12-15,26H2,(H,28,34)(H,30,33)(H2,27,29,31,32)/t20-/m0/s1. The zero-order chi connectivity index (χ0) is 24.2. The monoisotopic (exact) mass is 471 g/mol. The summed E-state index contributed by atoms with van der Waals surface area (Å²) in [5.41, 5.74) is 7.13.